The summed E-state index contributed by atoms with van der Waals surface area (Å²) in [7, 11) is 1.55. The summed E-state index contributed by atoms with van der Waals surface area (Å²) in [5.41, 5.74) is 7.62. The quantitative estimate of drug-likeness (QED) is 0.835. The molecule has 0 spiro atoms. The Bertz CT molecular complexity index is 599. The number of anilines is 1. The standard InChI is InChI=1S/C15H17N3O2/c1-10(11-4-3-7-17-9-11)18-15(19)13-6-5-12(20-2)8-14(13)16/h3-10H,16H2,1-2H3,(H,18,19)/t10-/m1/s1. The minimum Gasteiger partial charge on any atom is -0.497 e. The zero-order valence-corrected chi connectivity index (χ0v) is 11.5. The minimum absolute atomic E-state index is 0.141. The molecular weight excluding hydrogens is 254 g/mol. The monoisotopic (exact) mass is 271 g/mol. The van der Waals surface area contributed by atoms with Crippen molar-refractivity contribution in [1.29, 1.82) is 0 Å². The predicted molar refractivity (Wildman–Crippen MR) is 77.5 cm³/mol. The zero-order chi connectivity index (χ0) is 14.5. The summed E-state index contributed by atoms with van der Waals surface area (Å²) < 4.78 is 5.06. The first-order valence-electron chi connectivity index (χ1n) is 6.26. The fourth-order valence-electron chi connectivity index (χ4n) is 1.86. The third kappa shape index (κ3) is 3.06. The van der Waals surface area contributed by atoms with Crippen LogP contribution in [0.4, 0.5) is 5.69 Å². The summed E-state index contributed by atoms with van der Waals surface area (Å²) in [4.78, 5) is 16.2. The number of ether oxygens (including phenoxy) is 1. The highest BCUT2D eigenvalue weighted by Gasteiger charge is 2.14. The second-order valence-electron chi connectivity index (χ2n) is 4.43. The van der Waals surface area contributed by atoms with Crippen molar-refractivity contribution < 1.29 is 9.53 Å². The zero-order valence-electron chi connectivity index (χ0n) is 11.5. The average Bonchev–Trinajstić information content (AvgIpc) is 2.47. The van der Waals surface area contributed by atoms with Gasteiger partial charge in [0.1, 0.15) is 5.75 Å². The summed E-state index contributed by atoms with van der Waals surface area (Å²) in [5.74, 6) is 0.404. The maximum Gasteiger partial charge on any atom is 0.253 e. The van der Waals surface area contributed by atoms with E-state index in [4.69, 9.17) is 10.5 Å². The number of carbonyl (C=O) groups excluding carboxylic acids is 1. The van der Waals surface area contributed by atoms with Gasteiger partial charge in [0.2, 0.25) is 0 Å². The second-order valence-corrected chi connectivity index (χ2v) is 4.43. The van der Waals surface area contributed by atoms with E-state index in [0.717, 1.165) is 5.56 Å². The number of pyridine rings is 1. The smallest absolute Gasteiger partial charge is 0.253 e. The molecule has 1 atom stereocenters. The van der Waals surface area contributed by atoms with Gasteiger partial charge >= 0.3 is 0 Å². The molecule has 0 radical (unpaired) electrons. The van der Waals surface area contributed by atoms with Gasteiger partial charge in [0.15, 0.2) is 0 Å². The fraction of sp³-hybridized carbons (Fsp3) is 0.200. The number of carbonyl (C=O) groups is 1. The fourth-order valence-corrected chi connectivity index (χ4v) is 1.86. The lowest BCUT2D eigenvalue weighted by atomic mass is 10.1. The van der Waals surface area contributed by atoms with E-state index >= 15 is 0 Å². The van der Waals surface area contributed by atoms with E-state index in [1.807, 2.05) is 19.1 Å². The van der Waals surface area contributed by atoms with Gasteiger partial charge in [0.25, 0.3) is 5.91 Å². The molecule has 1 aromatic heterocycles. The van der Waals surface area contributed by atoms with Gasteiger partial charge < -0.3 is 15.8 Å². The predicted octanol–water partition coefficient (Wildman–Crippen LogP) is 2.16. The SMILES string of the molecule is COc1ccc(C(=O)N[C@H](C)c2cccnc2)c(N)c1. The van der Waals surface area contributed by atoms with Gasteiger partial charge in [-0.15, -0.1) is 0 Å². The number of rotatable bonds is 4. The van der Waals surface area contributed by atoms with Gasteiger partial charge in [0.05, 0.1) is 18.7 Å². The van der Waals surface area contributed by atoms with E-state index in [-0.39, 0.29) is 11.9 Å². The van der Waals surface area contributed by atoms with E-state index in [2.05, 4.69) is 10.3 Å². The Labute approximate surface area is 117 Å². The Morgan fingerprint density at radius 1 is 1.40 bits per heavy atom. The highest BCUT2D eigenvalue weighted by atomic mass is 16.5. The molecule has 0 fully saturated rings. The maximum absolute atomic E-state index is 12.2. The molecule has 0 saturated carbocycles. The van der Waals surface area contributed by atoms with Crippen LogP contribution in [0.1, 0.15) is 28.9 Å². The Hall–Kier alpha value is -2.56. The summed E-state index contributed by atoms with van der Waals surface area (Å²) in [6, 6.07) is 8.59. The summed E-state index contributed by atoms with van der Waals surface area (Å²) >= 11 is 0. The lowest BCUT2D eigenvalue weighted by Crippen LogP contribution is -2.27. The molecule has 0 aliphatic rings. The van der Waals surface area contributed by atoms with Crippen LogP contribution in [0.5, 0.6) is 5.75 Å². The molecule has 1 amide bonds. The Morgan fingerprint density at radius 2 is 2.20 bits per heavy atom. The van der Waals surface area contributed by atoms with Crippen molar-refractivity contribution in [2.75, 3.05) is 12.8 Å². The van der Waals surface area contributed by atoms with Crippen molar-refractivity contribution in [1.82, 2.24) is 10.3 Å². The van der Waals surface area contributed by atoms with Crippen LogP contribution in [0.2, 0.25) is 0 Å². The molecule has 20 heavy (non-hydrogen) atoms. The van der Waals surface area contributed by atoms with Crippen molar-refractivity contribution in [3.8, 4) is 5.75 Å². The summed E-state index contributed by atoms with van der Waals surface area (Å²) in [6.45, 7) is 1.90. The third-order valence-corrected chi connectivity index (χ3v) is 3.04. The molecule has 0 unspecified atom stereocenters. The van der Waals surface area contributed by atoms with Crippen LogP contribution in [-0.4, -0.2) is 18.0 Å². The molecule has 2 aromatic rings. The average molecular weight is 271 g/mol. The van der Waals surface area contributed by atoms with E-state index in [1.165, 1.54) is 0 Å². The number of nitrogens with one attached hydrogen (secondary N) is 1. The minimum atomic E-state index is -0.221. The van der Waals surface area contributed by atoms with Crippen molar-refractivity contribution in [2.24, 2.45) is 0 Å². The Balaban J connectivity index is 2.12. The molecule has 5 heteroatoms. The topological polar surface area (TPSA) is 77.2 Å². The van der Waals surface area contributed by atoms with Crippen molar-refractivity contribution in [2.45, 2.75) is 13.0 Å². The molecule has 3 N–H and O–H groups in total. The van der Waals surface area contributed by atoms with Crippen molar-refractivity contribution >= 4 is 11.6 Å². The molecule has 1 heterocycles. The van der Waals surface area contributed by atoms with Crippen LogP contribution in [0, 0.1) is 0 Å². The first-order chi connectivity index (χ1) is 9.61. The number of aromatic nitrogens is 1. The van der Waals surface area contributed by atoms with Gasteiger partial charge in [-0.05, 0) is 30.7 Å². The van der Waals surface area contributed by atoms with Crippen LogP contribution < -0.4 is 15.8 Å². The molecule has 2 rings (SSSR count). The first-order valence-corrected chi connectivity index (χ1v) is 6.26. The van der Waals surface area contributed by atoms with Gasteiger partial charge in [-0.1, -0.05) is 6.07 Å². The summed E-state index contributed by atoms with van der Waals surface area (Å²) in [6.07, 6.45) is 3.42. The number of methoxy groups -OCH3 is 1. The number of nitrogens with two attached hydrogens (primary N) is 1. The van der Waals surface area contributed by atoms with Gasteiger partial charge in [-0.3, -0.25) is 9.78 Å². The Kier molecular flexibility index (Phi) is 4.20. The molecule has 0 aliphatic carbocycles. The maximum atomic E-state index is 12.2. The Morgan fingerprint density at radius 3 is 2.80 bits per heavy atom. The summed E-state index contributed by atoms with van der Waals surface area (Å²) in [5, 5.41) is 2.89. The van der Waals surface area contributed by atoms with E-state index in [0.29, 0.717) is 17.0 Å². The lowest BCUT2D eigenvalue weighted by Gasteiger charge is -2.15. The molecule has 5 nitrogen and oxygen atoms in total. The number of amides is 1. The molecule has 0 aliphatic heterocycles. The van der Waals surface area contributed by atoms with Crippen LogP contribution >= 0.6 is 0 Å². The molecule has 0 bridgehead atoms. The van der Waals surface area contributed by atoms with Crippen molar-refractivity contribution in [3.05, 3.63) is 53.9 Å². The highest BCUT2D eigenvalue weighted by Crippen LogP contribution is 2.20. The lowest BCUT2D eigenvalue weighted by molar-refractivity contribution is 0.0940. The molecule has 0 saturated heterocycles. The normalized spacial score (nSPS) is 11.7. The third-order valence-electron chi connectivity index (χ3n) is 3.04. The van der Waals surface area contributed by atoms with Crippen LogP contribution in [0.25, 0.3) is 0 Å². The number of hydrogen-bond donors (Lipinski definition) is 2. The van der Waals surface area contributed by atoms with E-state index < -0.39 is 0 Å². The van der Waals surface area contributed by atoms with Gasteiger partial charge in [0, 0.05) is 24.1 Å². The molecule has 1 aromatic carbocycles. The van der Waals surface area contributed by atoms with Gasteiger partial charge in [-0.2, -0.15) is 0 Å². The first kappa shape index (κ1) is 13.9. The van der Waals surface area contributed by atoms with E-state index in [1.54, 1.807) is 37.7 Å². The number of nitrogens with zero attached hydrogens (tertiary/aromatic N) is 1. The van der Waals surface area contributed by atoms with Crippen LogP contribution in [-0.2, 0) is 0 Å². The molecule has 104 valence electrons. The number of benzene rings is 1. The van der Waals surface area contributed by atoms with Crippen molar-refractivity contribution in [3.63, 3.8) is 0 Å². The number of hydrogen-bond acceptors (Lipinski definition) is 4. The highest BCUT2D eigenvalue weighted by molar-refractivity contribution is 5.99. The second kappa shape index (κ2) is 6.06. The van der Waals surface area contributed by atoms with Gasteiger partial charge in [-0.25, -0.2) is 0 Å². The molecular formula is C15H17N3O2. The van der Waals surface area contributed by atoms with Crippen LogP contribution in [0.3, 0.4) is 0 Å². The van der Waals surface area contributed by atoms with Crippen LogP contribution in [0.15, 0.2) is 42.7 Å². The number of nitrogen functional groups attached to an aromatic ring is 1. The largest absolute Gasteiger partial charge is 0.497 e. The van der Waals surface area contributed by atoms with E-state index in [9.17, 15) is 4.79 Å².